The molecule has 0 amide bonds. The predicted octanol–water partition coefficient (Wildman–Crippen LogP) is 1.68. The van der Waals surface area contributed by atoms with E-state index in [1.807, 2.05) is 13.0 Å². The highest BCUT2D eigenvalue weighted by molar-refractivity contribution is 6.30. The zero-order valence-corrected chi connectivity index (χ0v) is 13.2. The van der Waals surface area contributed by atoms with Gasteiger partial charge in [-0.05, 0) is 13.0 Å². The number of hydrogen-bond donors (Lipinski definition) is 1. The van der Waals surface area contributed by atoms with Gasteiger partial charge in [0.05, 0.1) is 17.4 Å². The van der Waals surface area contributed by atoms with Gasteiger partial charge in [-0.25, -0.2) is 15.0 Å². The average Bonchev–Trinajstić information content (AvgIpc) is 2.56. The Morgan fingerprint density at radius 2 is 1.68 bits per heavy atom. The molecule has 0 saturated carbocycles. The van der Waals surface area contributed by atoms with Crippen LogP contribution in [0, 0.1) is 0 Å². The van der Waals surface area contributed by atoms with Crippen LogP contribution in [-0.2, 0) is 0 Å². The fourth-order valence-electron chi connectivity index (χ4n) is 2.36. The van der Waals surface area contributed by atoms with Crippen LogP contribution in [0.4, 0.5) is 17.7 Å². The summed E-state index contributed by atoms with van der Waals surface area (Å²) in [7, 11) is 0. The maximum Gasteiger partial charge on any atom is 0.227 e. The monoisotopic (exact) mass is 319 g/mol. The molecule has 7 nitrogen and oxygen atoms in total. The molecule has 22 heavy (non-hydrogen) atoms. The summed E-state index contributed by atoms with van der Waals surface area (Å²) < 4.78 is 0. The number of nitrogens with zero attached hydrogens (tertiary/aromatic N) is 6. The van der Waals surface area contributed by atoms with Crippen molar-refractivity contribution in [3.8, 4) is 0 Å². The van der Waals surface area contributed by atoms with E-state index in [9.17, 15) is 0 Å². The second-order valence-electron chi connectivity index (χ2n) is 4.95. The zero-order valence-electron chi connectivity index (χ0n) is 12.4. The summed E-state index contributed by atoms with van der Waals surface area (Å²) in [5.41, 5.74) is 0. The van der Waals surface area contributed by atoms with Gasteiger partial charge in [0.2, 0.25) is 11.9 Å². The van der Waals surface area contributed by atoms with E-state index in [0.29, 0.717) is 11.0 Å². The normalized spacial score (nSPS) is 15.0. The van der Waals surface area contributed by atoms with Crippen molar-refractivity contribution in [1.82, 2.24) is 19.9 Å². The van der Waals surface area contributed by atoms with E-state index in [0.717, 1.165) is 44.5 Å². The van der Waals surface area contributed by atoms with Crippen LogP contribution in [0.5, 0.6) is 0 Å². The molecule has 0 unspecified atom stereocenters. The highest BCUT2D eigenvalue weighted by Crippen LogP contribution is 2.16. The highest BCUT2D eigenvalue weighted by Gasteiger charge is 2.20. The van der Waals surface area contributed by atoms with Gasteiger partial charge in [-0.2, -0.15) is 4.98 Å². The first-order valence-corrected chi connectivity index (χ1v) is 7.68. The molecule has 2 aromatic heterocycles. The summed E-state index contributed by atoms with van der Waals surface area (Å²) in [6.45, 7) is 6.22. The van der Waals surface area contributed by atoms with E-state index in [1.165, 1.54) is 0 Å². The van der Waals surface area contributed by atoms with Crippen molar-refractivity contribution in [3.63, 3.8) is 0 Å². The maximum atomic E-state index is 5.82. The molecule has 2 aromatic rings. The summed E-state index contributed by atoms with van der Waals surface area (Å²) in [5.74, 6) is 2.33. The van der Waals surface area contributed by atoms with Crippen molar-refractivity contribution >= 4 is 29.3 Å². The van der Waals surface area contributed by atoms with Crippen LogP contribution in [-0.4, -0.2) is 52.7 Å². The van der Waals surface area contributed by atoms with E-state index in [1.54, 1.807) is 18.6 Å². The van der Waals surface area contributed by atoms with Gasteiger partial charge in [-0.1, -0.05) is 11.6 Å². The highest BCUT2D eigenvalue weighted by atomic mass is 35.5. The third-order valence-corrected chi connectivity index (χ3v) is 3.65. The fourth-order valence-corrected chi connectivity index (χ4v) is 2.45. The van der Waals surface area contributed by atoms with Crippen molar-refractivity contribution in [2.24, 2.45) is 0 Å². The maximum absolute atomic E-state index is 5.82. The third kappa shape index (κ3) is 3.36. The van der Waals surface area contributed by atoms with Gasteiger partial charge >= 0.3 is 0 Å². The molecule has 1 fully saturated rings. The molecule has 0 bridgehead atoms. The van der Waals surface area contributed by atoms with Crippen molar-refractivity contribution in [3.05, 3.63) is 29.7 Å². The first-order valence-electron chi connectivity index (χ1n) is 7.30. The lowest BCUT2D eigenvalue weighted by molar-refractivity contribution is 0.628. The predicted molar refractivity (Wildman–Crippen MR) is 87.7 cm³/mol. The van der Waals surface area contributed by atoms with Crippen LogP contribution in [0.3, 0.4) is 0 Å². The zero-order chi connectivity index (χ0) is 15.4. The smallest absolute Gasteiger partial charge is 0.227 e. The lowest BCUT2D eigenvalue weighted by atomic mass is 10.3. The van der Waals surface area contributed by atoms with Crippen LogP contribution in [0.2, 0.25) is 5.02 Å². The quantitative estimate of drug-likeness (QED) is 0.919. The molecule has 1 aliphatic rings. The van der Waals surface area contributed by atoms with Crippen LogP contribution in [0.15, 0.2) is 24.7 Å². The van der Waals surface area contributed by atoms with E-state index in [4.69, 9.17) is 11.6 Å². The molecular weight excluding hydrogens is 302 g/mol. The largest absolute Gasteiger partial charge is 0.370 e. The van der Waals surface area contributed by atoms with Gasteiger partial charge in [-0.15, -0.1) is 0 Å². The lowest BCUT2D eigenvalue weighted by Gasteiger charge is -2.34. The van der Waals surface area contributed by atoms with Crippen LogP contribution in [0.25, 0.3) is 0 Å². The Morgan fingerprint density at radius 3 is 2.32 bits per heavy atom. The second-order valence-corrected chi connectivity index (χ2v) is 5.38. The molecule has 116 valence electrons. The Kier molecular flexibility index (Phi) is 4.53. The number of nitrogens with one attached hydrogen (secondary N) is 1. The average molecular weight is 320 g/mol. The Labute approximate surface area is 134 Å². The van der Waals surface area contributed by atoms with Gasteiger partial charge in [0.25, 0.3) is 0 Å². The minimum atomic E-state index is 0.552. The number of piperazine rings is 1. The summed E-state index contributed by atoms with van der Waals surface area (Å²) in [5, 5.41) is 3.76. The van der Waals surface area contributed by atoms with Crippen molar-refractivity contribution in [2.45, 2.75) is 6.92 Å². The van der Waals surface area contributed by atoms with Gasteiger partial charge in [0.15, 0.2) is 0 Å². The molecular formula is C14H18ClN7. The Morgan fingerprint density at radius 1 is 1.05 bits per heavy atom. The Bertz CT molecular complexity index is 611. The van der Waals surface area contributed by atoms with Gasteiger partial charge in [0, 0.05) is 38.9 Å². The number of anilines is 3. The molecule has 3 heterocycles. The van der Waals surface area contributed by atoms with Gasteiger partial charge in [-0.3, -0.25) is 0 Å². The van der Waals surface area contributed by atoms with Crippen molar-refractivity contribution < 1.29 is 0 Å². The first-order chi connectivity index (χ1) is 10.8. The van der Waals surface area contributed by atoms with Gasteiger partial charge in [0.1, 0.15) is 5.82 Å². The minimum Gasteiger partial charge on any atom is -0.370 e. The van der Waals surface area contributed by atoms with E-state index < -0.39 is 0 Å². The number of aromatic nitrogens is 4. The fraction of sp³-hybridized carbons (Fsp3) is 0.429. The molecule has 1 N–H and O–H groups in total. The summed E-state index contributed by atoms with van der Waals surface area (Å²) in [6.07, 6.45) is 5.04. The molecule has 1 aliphatic heterocycles. The van der Waals surface area contributed by atoms with Crippen LogP contribution < -0.4 is 15.1 Å². The number of rotatable bonds is 4. The van der Waals surface area contributed by atoms with Crippen LogP contribution >= 0.6 is 11.6 Å². The molecule has 8 heteroatoms. The van der Waals surface area contributed by atoms with Crippen LogP contribution in [0.1, 0.15) is 6.92 Å². The lowest BCUT2D eigenvalue weighted by Crippen LogP contribution is -2.47. The second kappa shape index (κ2) is 6.74. The van der Waals surface area contributed by atoms with E-state index in [-0.39, 0.29) is 0 Å². The summed E-state index contributed by atoms with van der Waals surface area (Å²) in [4.78, 5) is 21.7. The van der Waals surface area contributed by atoms with Gasteiger partial charge < -0.3 is 15.1 Å². The Hall–Kier alpha value is -2.15. The topological polar surface area (TPSA) is 70.1 Å². The number of halogens is 1. The molecule has 0 spiro atoms. The Balaban J connectivity index is 1.64. The first kappa shape index (κ1) is 14.8. The standard InChI is InChI=1S/C14H18ClN7/c1-2-16-12-3-4-17-14(20-12)22-7-5-21(6-8-22)13-18-9-11(15)10-19-13/h3-4,9-10H,2,5-8H2,1H3,(H,16,17,20). The summed E-state index contributed by atoms with van der Waals surface area (Å²) >= 11 is 5.82. The van der Waals surface area contributed by atoms with Crippen molar-refractivity contribution in [1.29, 1.82) is 0 Å². The van der Waals surface area contributed by atoms with E-state index >= 15 is 0 Å². The SMILES string of the molecule is CCNc1ccnc(N2CCN(c3ncc(Cl)cn3)CC2)n1. The molecule has 0 aromatic carbocycles. The molecule has 3 rings (SSSR count). The number of hydrogen-bond acceptors (Lipinski definition) is 7. The summed E-state index contributed by atoms with van der Waals surface area (Å²) in [6, 6.07) is 1.88. The molecule has 0 aliphatic carbocycles. The molecule has 0 radical (unpaired) electrons. The minimum absolute atomic E-state index is 0.552. The van der Waals surface area contributed by atoms with Crippen molar-refractivity contribution in [2.75, 3.05) is 47.8 Å². The molecule has 1 saturated heterocycles. The molecule has 0 atom stereocenters. The third-order valence-electron chi connectivity index (χ3n) is 3.45. The van der Waals surface area contributed by atoms with E-state index in [2.05, 4.69) is 35.1 Å².